The number of rotatable bonds is 7. The Hall–Kier alpha value is -2.66. The monoisotopic (exact) mass is 327 g/mol. The normalized spacial score (nSPS) is 11.1. The molecule has 0 aliphatic carbocycles. The predicted octanol–water partition coefficient (Wildman–Crippen LogP) is 3.11. The molecule has 0 radical (unpaired) electrons. The molecule has 24 heavy (non-hydrogen) atoms. The van der Waals surface area contributed by atoms with Gasteiger partial charge in [-0.1, -0.05) is 36.4 Å². The molecule has 2 aromatic rings. The van der Waals surface area contributed by atoms with Gasteiger partial charge in [-0.15, -0.1) is 0 Å². The summed E-state index contributed by atoms with van der Waals surface area (Å²) < 4.78 is 5.67. The summed E-state index contributed by atoms with van der Waals surface area (Å²) in [6.07, 6.45) is 0. The van der Waals surface area contributed by atoms with E-state index in [2.05, 4.69) is 5.32 Å². The van der Waals surface area contributed by atoms with Crippen LogP contribution in [0.15, 0.2) is 54.6 Å². The van der Waals surface area contributed by atoms with Gasteiger partial charge in [0.25, 0.3) is 5.91 Å². The standard InChI is InChI=1S/C19H21NO4/c1-19(2,13-24-12-14-7-4-3-5-8-14)20-17(21)15-9-6-10-16(11-15)18(22)23/h3-11H,12-13H2,1-2H3,(H,20,21)(H,22,23). The maximum Gasteiger partial charge on any atom is 0.335 e. The fourth-order valence-electron chi connectivity index (χ4n) is 2.21. The van der Waals surface area contributed by atoms with Crippen LogP contribution < -0.4 is 5.32 Å². The highest BCUT2D eigenvalue weighted by Crippen LogP contribution is 2.10. The van der Waals surface area contributed by atoms with Crippen LogP contribution in [0.1, 0.15) is 40.1 Å². The van der Waals surface area contributed by atoms with E-state index in [1.54, 1.807) is 12.1 Å². The summed E-state index contributed by atoms with van der Waals surface area (Å²) in [7, 11) is 0. The van der Waals surface area contributed by atoms with E-state index in [9.17, 15) is 9.59 Å². The maximum atomic E-state index is 12.3. The molecule has 2 aromatic carbocycles. The Kier molecular flexibility index (Phi) is 5.71. The van der Waals surface area contributed by atoms with Crippen molar-refractivity contribution >= 4 is 11.9 Å². The van der Waals surface area contributed by atoms with Crippen molar-refractivity contribution in [2.45, 2.75) is 26.0 Å². The predicted molar refractivity (Wildman–Crippen MR) is 91.0 cm³/mol. The molecule has 2 N–H and O–H groups in total. The lowest BCUT2D eigenvalue weighted by molar-refractivity contribution is 0.0617. The molecular formula is C19H21NO4. The molecule has 0 aromatic heterocycles. The molecular weight excluding hydrogens is 306 g/mol. The molecule has 0 spiro atoms. The van der Waals surface area contributed by atoms with Crippen molar-refractivity contribution in [3.8, 4) is 0 Å². The summed E-state index contributed by atoms with van der Waals surface area (Å²) in [5, 5.41) is 11.9. The van der Waals surface area contributed by atoms with Crippen molar-refractivity contribution in [2.24, 2.45) is 0 Å². The van der Waals surface area contributed by atoms with Gasteiger partial charge in [0, 0.05) is 5.56 Å². The Morgan fingerprint density at radius 3 is 2.38 bits per heavy atom. The summed E-state index contributed by atoms with van der Waals surface area (Å²) in [5.41, 5.74) is 0.881. The van der Waals surface area contributed by atoms with E-state index in [0.29, 0.717) is 18.8 Å². The lowest BCUT2D eigenvalue weighted by Gasteiger charge is -2.26. The summed E-state index contributed by atoms with van der Waals surface area (Å²) in [4.78, 5) is 23.3. The molecule has 0 atom stereocenters. The number of benzene rings is 2. The third kappa shape index (κ3) is 5.21. The van der Waals surface area contributed by atoms with E-state index in [1.807, 2.05) is 44.2 Å². The summed E-state index contributed by atoms with van der Waals surface area (Å²) in [6, 6.07) is 15.7. The Bertz CT molecular complexity index is 710. The van der Waals surface area contributed by atoms with Crippen molar-refractivity contribution < 1.29 is 19.4 Å². The van der Waals surface area contributed by atoms with Crippen molar-refractivity contribution in [1.82, 2.24) is 5.32 Å². The van der Waals surface area contributed by atoms with Crippen LogP contribution in [0.3, 0.4) is 0 Å². The average Bonchev–Trinajstić information content (AvgIpc) is 2.55. The molecule has 126 valence electrons. The topological polar surface area (TPSA) is 75.6 Å². The zero-order valence-corrected chi connectivity index (χ0v) is 13.8. The van der Waals surface area contributed by atoms with Crippen LogP contribution in [0.2, 0.25) is 0 Å². The van der Waals surface area contributed by atoms with Gasteiger partial charge in [0.15, 0.2) is 0 Å². The van der Waals surface area contributed by atoms with E-state index >= 15 is 0 Å². The van der Waals surface area contributed by atoms with E-state index in [1.165, 1.54) is 12.1 Å². The molecule has 0 heterocycles. The van der Waals surface area contributed by atoms with Gasteiger partial charge in [-0.2, -0.15) is 0 Å². The smallest absolute Gasteiger partial charge is 0.335 e. The molecule has 5 heteroatoms. The Morgan fingerprint density at radius 1 is 1.04 bits per heavy atom. The van der Waals surface area contributed by atoms with Gasteiger partial charge in [-0.25, -0.2) is 4.79 Å². The number of nitrogens with one attached hydrogen (secondary N) is 1. The summed E-state index contributed by atoms with van der Waals surface area (Å²) >= 11 is 0. The van der Waals surface area contributed by atoms with Crippen LogP contribution in [0.5, 0.6) is 0 Å². The highest BCUT2D eigenvalue weighted by Gasteiger charge is 2.22. The van der Waals surface area contributed by atoms with Gasteiger partial charge < -0.3 is 15.2 Å². The molecule has 0 bridgehead atoms. The number of aromatic carboxylic acids is 1. The third-order valence-corrected chi connectivity index (χ3v) is 3.40. The van der Waals surface area contributed by atoms with Gasteiger partial charge in [-0.05, 0) is 37.6 Å². The Balaban J connectivity index is 1.91. The zero-order chi connectivity index (χ0) is 17.6. The molecule has 0 saturated heterocycles. The van der Waals surface area contributed by atoms with Crippen molar-refractivity contribution in [1.29, 1.82) is 0 Å². The molecule has 5 nitrogen and oxygen atoms in total. The second-order valence-corrected chi connectivity index (χ2v) is 6.20. The molecule has 2 rings (SSSR count). The summed E-state index contributed by atoms with van der Waals surface area (Å²) in [6.45, 7) is 4.52. The lowest BCUT2D eigenvalue weighted by atomic mass is 10.0. The van der Waals surface area contributed by atoms with Crippen LogP contribution in [-0.2, 0) is 11.3 Å². The third-order valence-electron chi connectivity index (χ3n) is 3.40. The second-order valence-electron chi connectivity index (χ2n) is 6.20. The van der Waals surface area contributed by atoms with Gasteiger partial charge in [0.05, 0.1) is 24.3 Å². The van der Waals surface area contributed by atoms with Crippen molar-refractivity contribution in [3.63, 3.8) is 0 Å². The molecule has 0 aliphatic rings. The van der Waals surface area contributed by atoms with Crippen LogP contribution in [0.25, 0.3) is 0 Å². The Morgan fingerprint density at radius 2 is 1.71 bits per heavy atom. The van der Waals surface area contributed by atoms with E-state index in [0.717, 1.165) is 5.56 Å². The van der Waals surface area contributed by atoms with Crippen molar-refractivity contribution in [2.75, 3.05) is 6.61 Å². The maximum absolute atomic E-state index is 12.3. The van der Waals surface area contributed by atoms with E-state index in [-0.39, 0.29) is 11.5 Å². The minimum absolute atomic E-state index is 0.0841. The van der Waals surface area contributed by atoms with Crippen LogP contribution in [0.4, 0.5) is 0 Å². The molecule has 0 aliphatic heterocycles. The van der Waals surface area contributed by atoms with Gasteiger partial charge in [-0.3, -0.25) is 4.79 Å². The van der Waals surface area contributed by atoms with Crippen LogP contribution in [-0.4, -0.2) is 29.1 Å². The fraction of sp³-hybridized carbons (Fsp3) is 0.263. The fourth-order valence-corrected chi connectivity index (χ4v) is 2.21. The number of amides is 1. The molecule has 0 saturated carbocycles. The number of carbonyl (C=O) groups excluding carboxylic acids is 1. The van der Waals surface area contributed by atoms with Gasteiger partial charge in [0.1, 0.15) is 0 Å². The second kappa shape index (κ2) is 7.75. The quantitative estimate of drug-likeness (QED) is 0.819. The van der Waals surface area contributed by atoms with Gasteiger partial charge >= 0.3 is 5.97 Å². The molecule has 0 fully saturated rings. The number of hydrogen-bond donors (Lipinski definition) is 2. The van der Waals surface area contributed by atoms with Crippen LogP contribution in [0, 0.1) is 0 Å². The number of ether oxygens (including phenoxy) is 1. The molecule has 1 amide bonds. The van der Waals surface area contributed by atoms with Crippen LogP contribution >= 0.6 is 0 Å². The number of carboxylic acid groups (broad SMARTS) is 1. The zero-order valence-electron chi connectivity index (χ0n) is 13.8. The van der Waals surface area contributed by atoms with Gasteiger partial charge in [0.2, 0.25) is 0 Å². The minimum Gasteiger partial charge on any atom is -0.478 e. The summed E-state index contributed by atoms with van der Waals surface area (Å²) in [5.74, 6) is -1.39. The van der Waals surface area contributed by atoms with E-state index in [4.69, 9.17) is 9.84 Å². The van der Waals surface area contributed by atoms with Crippen molar-refractivity contribution in [3.05, 3.63) is 71.3 Å². The average molecular weight is 327 g/mol. The largest absolute Gasteiger partial charge is 0.478 e. The Labute approximate surface area is 141 Å². The first-order valence-corrected chi connectivity index (χ1v) is 7.65. The number of hydrogen-bond acceptors (Lipinski definition) is 3. The first-order chi connectivity index (χ1) is 11.4. The molecule has 0 unspecified atom stereocenters. The first-order valence-electron chi connectivity index (χ1n) is 7.65. The van der Waals surface area contributed by atoms with E-state index < -0.39 is 11.5 Å². The SMILES string of the molecule is CC(C)(COCc1ccccc1)NC(=O)c1cccc(C(=O)O)c1. The highest BCUT2D eigenvalue weighted by atomic mass is 16.5. The number of carboxylic acids is 1. The minimum atomic E-state index is -1.06. The first kappa shape index (κ1) is 17.7. The highest BCUT2D eigenvalue weighted by molar-refractivity contribution is 5.97. The number of carbonyl (C=O) groups is 2. The lowest BCUT2D eigenvalue weighted by Crippen LogP contribution is -2.47.